The zero-order valence-electron chi connectivity index (χ0n) is 16.5. The second-order valence-electron chi connectivity index (χ2n) is 7.13. The number of likely N-dealkylation sites (tertiary alicyclic amines) is 1. The third-order valence-electron chi connectivity index (χ3n) is 5.25. The summed E-state index contributed by atoms with van der Waals surface area (Å²) in [6.45, 7) is 3.94. The van der Waals surface area contributed by atoms with Gasteiger partial charge in [-0.15, -0.1) is 0 Å². The molecular formula is C22H28ClN2O3+. The average molecular weight is 404 g/mol. The van der Waals surface area contributed by atoms with Crippen LogP contribution in [0.2, 0.25) is 5.02 Å². The second-order valence-corrected chi connectivity index (χ2v) is 7.54. The molecular weight excluding hydrogens is 376 g/mol. The predicted octanol–water partition coefficient (Wildman–Crippen LogP) is 2.86. The molecule has 0 aliphatic carbocycles. The first-order valence-electron chi connectivity index (χ1n) is 9.72. The van der Waals surface area contributed by atoms with Crippen molar-refractivity contribution in [1.29, 1.82) is 0 Å². The Kier molecular flexibility index (Phi) is 7.18. The summed E-state index contributed by atoms with van der Waals surface area (Å²) in [4.78, 5) is 14.3. The fourth-order valence-corrected chi connectivity index (χ4v) is 4.01. The van der Waals surface area contributed by atoms with Gasteiger partial charge >= 0.3 is 0 Å². The van der Waals surface area contributed by atoms with E-state index in [0.717, 1.165) is 12.1 Å². The first-order valence-corrected chi connectivity index (χ1v) is 10.1. The molecule has 2 aromatic rings. The van der Waals surface area contributed by atoms with Crippen molar-refractivity contribution in [3.63, 3.8) is 0 Å². The Bertz CT molecular complexity index is 819. The first kappa shape index (κ1) is 20.5. The molecule has 0 aromatic heterocycles. The second kappa shape index (κ2) is 9.80. The number of amides is 1. The van der Waals surface area contributed by atoms with Crippen molar-refractivity contribution in [2.24, 2.45) is 0 Å². The zero-order chi connectivity index (χ0) is 19.9. The van der Waals surface area contributed by atoms with E-state index in [4.69, 9.17) is 21.1 Å². The maximum Gasteiger partial charge on any atom is 0.251 e. The van der Waals surface area contributed by atoms with Crippen LogP contribution in [0.1, 0.15) is 40.7 Å². The lowest BCUT2D eigenvalue weighted by Gasteiger charge is -2.24. The average Bonchev–Trinajstić information content (AvgIpc) is 2.73. The van der Waals surface area contributed by atoms with E-state index in [1.165, 1.54) is 52.1 Å². The molecule has 2 aromatic carbocycles. The van der Waals surface area contributed by atoms with Crippen molar-refractivity contribution in [2.75, 3.05) is 27.3 Å². The lowest BCUT2D eigenvalue weighted by atomic mass is 10.0. The third kappa shape index (κ3) is 4.97. The Hall–Kier alpha value is -2.24. The van der Waals surface area contributed by atoms with Crippen LogP contribution in [0.25, 0.3) is 0 Å². The molecule has 0 radical (unpaired) electrons. The SMILES string of the molecule is COc1cc(C(=O)NCc2ccccc2C[NH+]2CCCCC2)cc(Cl)c1OC. The lowest BCUT2D eigenvalue weighted by Crippen LogP contribution is -3.11. The standard InChI is InChI=1S/C22H27ClN2O3/c1-27-20-13-18(12-19(23)21(20)28-2)22(26)24-14-16-8-4-5-9-17(16)15-25-10-6-3-7-11-25/h4-5,8-9,12-13H,3,6-7,10-11,14-15H2,1-2H3,(H,24,26)/p+1. The number of piperidine rings is 1. The predicted molar refractivity (Wildman–Crippen MR) is 110 cm³/mol. The number of quaternary nitrogens is 1. The van der Waals surface area contributed by atoms with E-state index in [1.807, 2.05) is 6.07 Å². The number of nitrogens with one attached hydrogen (secondary N) is 2. The monoisotopic (exact) mass is 403 g/mol. The molecule has 1 fully saturated rings. The number of hydrogen-bond acceptors (Lipinski definition) is 3. The van der Waals surface area contributed by atoms with Gasteiger partial charge in [0.1, 0.15) is 6.54 Å². The molecule has 3 rings (SSSR count). The molecule has 0 unspecified atom stereocenters. The molecule has 0 spiro atoms. The minimum atomic E-state index is -0.192. The number of halogens is 1. The Balaban J connectivity index is 1.69. The Morgan fingerprint density at radius 3 is 2.46 bits per heavy atom. The normalized spacial score (nSPS) is 14.5. The number of methoxy groups -OCH3 is 2. The molecule has 1 saturated heterocycles. The van der Waals surface area contributed by atoms with Crippen LogP contribution < -0.4 is 19.7 Å². The smallest absolute Gasteiger partial charge is 0.251 e. The van der Waals surface area contributed by atoms with Gasteiger partial charge in [-0.1, -0.05) is 35.9 Å². The molecule has 1 heterocycles. The fourth-order valence-electron chi connectivity index (χ4n) is 3.73. The van der Waals surface area contributed by atoms with Gasteiger partial charge in [0.25, 0.3) is 5.91 Å². The molecule has 1 aliphatic rings. The maximum atomic E-state index is 12.7. The summed E-state index contributed by atoms with van der Waals surface area (Å²) in [5.74, 6) is 0.674. The van der Waals surface area contributed by atoms with Crippen LogP contribution in [0.3, 0.4) is 0 Å². The van der Waals surface area contributed by atoms with Gasteiger partial charge in [0.05, 0.1) is 32.3 Å². The number of ether oxygens (including phenoxy) is 2. The number of rotatable bonds is 7. The molecule has 5 nitrogen and oxygen atoms in total. The summed E-state index contributed by atoms with van der Waals surface area (Å²) < 4.78 is 10.5. The van der Waals surface area contributed by atoms with Crippen LogP contribution in [-0.4, -0.2) is 33.2 Å². The van der Waals surface area contributed by atoms with Crippen LogP contribution in [0.5, 0.6) is 11.5 Å². The fraction of sp³-hybridized carbons (Fsp3) is 0.409. The molecule has 2 N–H and O–H groups in total. The van der Waals surface area contributed by atoms with Crippen molar-refractivity contribution < 1.29 is 19.2 Å². The summed E-state index contributed by atoms with van der Waals surface area (Å²) in [5, 5.41) is 3.35. The van der Waals surface area contributed by atoms with Gasteiger partial charge in [0, 0.05) is 17.7 Å². The Morgan fingerprint density at radius 1 is 1.07 bits per heavy atom. The third-order valence-corrected chi connectivity index (χ3v) is 5.54. The van der Waals surface area contributed by atoms with Gasteiger partial charge in [-0.05, 0) is 37.0 Å². The maximum absolute atomic E-state index is 12.7. The van der Waals surface area contributed by atoms with Gasteiger partial charge in [-0.3, -0.25) is 4.79 Å². The van der Waals surface area contributed by atoms with Crippen LogP contribution in [0.15, 0.2) is 36.4 Å². The van der Waals surface area contributed by atoms with Gasteiger partial charge in [-0.2, -0.15) is 0 Å². The molecule has 6 heteroatoms. The van der Waals surface area contributed by atoms with Crippen molar-refractivity contribution in [1.82, 2.24) is 5.32 Å². The van der Waals surface area contributed by atoms with E-state index in [0.29, 0.717) is 28.6 Å². The molecule has 28 heavy (non-hydrogen) atoms. The van der Waals surface area contributed by atoms with Crippen LogP contribution >= 0.6 is 11.6 Å². The molecule has 0 atom stereocenters. The summed E-state index contributed by atoms with van der Waals surface area (Å²) in [6.07, 6.45) is 3.94. The van der Waals surface area contributed by atoms with E-state index >= 15 is 0 Å². The van der Waals surface area contributed by atoms with Crippen molar-refractivity contribution >= 4 is 17.5 Å². The van der Waals surface area contributed by atoms with Crippen molar-refractivity contribution in [2.45, 2.75) is 32.4 Å². The van der Waals surface area contributed by atoms with Gasteiger partial charge in [-0.25, -0.2) is 0 Å². The zero-order valence-corrected chi connectivity index (χ0v) is 17.3. The highest BCUT2D eigenvalue weighted by molar-refractivity contribution is 6.32. The number of benzene rings is 2. The minimum absolute atomic E-state index is 0.192. The first-order chi connectivity index (χ1) is 13.6. The molecule has 0 saturated carbocycles. The van der Waals surface area contributed by atoms with Crippen molar-refractivity contribution in [3.05, 3.63) is 58.1 Å². The van der Waals surface area contributed by atoms with Gasteiger partial charge in [0.15, 0.2) is 11.5 Å². The number of carbonyl (C=O) groups excluding carboxylic acids is 1. The highest BCUT2D eigenvalue weighted by Gasteiger charge is 2.17. The summed E-state index contributed by atoms with van der Waals surface area (Å²) in [6, 6.07) is 11.6. The summed E-state index contributed by atoms with van der Waals surface area (Å²) in [7, 11) is 3.04. The van der Waals surface area contributed by atoms with Gasteiger partial charge < -0.3 is 19.7 Å². The van der Waals surface area contributed by atoms with Crippen LogP contribution in [0.4, 0.5) is 0 Å². The van der Waals surface area contributed by atoms with E-state index < -0.39 is 0 Å². The van der Waals surface area contributed by atoms with Crippen LogP contribution in [-0.2, 0) is 13.1 Å². The van der Waals surface area contributed by atoms with E-state index in [-0.39, 0.29) is 5.91 Å². The van der Waals surface area contributed by atoms with Crippen molar-refractivity contribution in [3.8, 4) is 11.5 Å². The quantitative estimate of drug-likeness (QED) is 0.747. The number of hydrogen-bond donors (Lipinski definition) is 2. The summed E-state index contributed by atoms with van der Waals surface area (Å²) in [5.41, 5.74) is 2.90. The Labute approximate surface area is 171 Å². The molecule has 1 aliphatic heterocycles. The largest absolute Gasteiger partial charge is 0.493 e. The van der Waals surface area contributed by atoms with E-state index in [2.05, 4.69) is 23.5 Å². The minimum Gasteiger partial charge on any atom is -0.493 e. The Morgan fingerprint density at radius 2 is 1.79 bits per heavy atom. The van der Waals surface area contributed by atoms with Gasteiger partial charge in [0.2, 0.25) is 0 Å². The van der Waals surface area contributed by atoms with Crippen LogP contribution in [0, 0.1) is 0 Å². The molecule has 150 valence electrons. The van der Waals surface area contributed by atoms with E-state index in [9.17, 15) is 4.79 Å². The highest BCUT2D eigenvalue weighted by Crippen LogP contribution is 2.35. The number of carbonyl (C=O) groups is 1. The lowest BCUT2D eigenvalue weighted by molar-refractivity contribution is -0.918. The molecule has 0 bridgehead atoms. The highest BCUT2D eigenvalue weighted by atomic mass is 35.5. The summed E-state index contributed by atoms with van der Waals surface area (Å²) >= 11 is 6.22. The van der Waals surface area contributed by atoms with E-state index in [1.54, 1.807) is 17.0 Å². The molecule has 1 amide bonds. The topological polar surface area (TPSA) is 52.0 Å².